The third-order valence-corrected chi connectivity index (χ3v) is 3.87. The van der Waals surface area contributed by atoms with Crippen LogP contribution in [0.4, 0.5) is 11.4 Å². The molecule has 8 heteroatoms. The van der Waals surface area contributed by atoms with Gasteiger partial charge in [-0.2, -0.15) is 0 Å². The lowest BCUT2D eigenvalue weighted by atomic mass is 10.2. The van der Waals surface area contributed by atoms with Crippen LogP contribution >= 0.6 is 23.2 Å². The maximum Gasteiger partial charge on any atom is 0.273 e. The van der Waals surface area contributed by atoms with Crippen molar-refractivity contribution in [2.45, 2.75) is 0 Å². The number of aromatic nitrogens is 1. The van der Waals surface area contributed by atoms with E-state index in [0.29, 0.717) is 21.6 Å². The summed E-state index contributed by atoms with van der Waals surface area (Å²) in [6.45, 7) is 0. The molecule has 0 unspecified atom stereocenters. The Labute approximate surface area is 140 Å². The van der Waals surface area contributed by atoms with Gasteiger partial charge in [-0.15, -0.1) is 0 Å². The fourth-order valence-corrected chi connectivity index (χ4v) is 2.64. The molecule has 0 bridgehead atoms. The van der Waals surface area contributed by atoms with Crippen molar-refractivity contribution in [1.29, 1.82) is 0 Å². The molecule has 0 atom stereocenters. The van der Waals surface area contributed by atoms with Crippen LogP contribution < -0.4 is 5.32 Å². The molecule has 23 heavy (non-hydrogen) atoms. The van der Waals surface area contributed by atoms with E-state index in [4.69, 9.17) is 23.2 Å². The van der Waals surface area contributed by atoms with E-state index in [2.05, 4.69) is 10.3 Å². The van der Waals surface area contributed by atoms with Gasteiger partial charge in [-0.05, 0) is 24.3 Å². The molecule has 0 aliphatic carbocycles. The molecule has 0 spiro atoms. The number of benzene rings is 2. The average Bonchev–Trinajstić information content (AvgIpc) is 2.84. The van der Waals surface area contributed by atoms with E-state index in [1.807, 2.05) is 0 Å². The van der Waals surface area contributed by atoms with Gasteiger partial charge < -0.3 is 10.3 Å². The normalized spacial score (nSPS) is 10.7. The van der Waals surface area contributed by atoms with Gasteiger partial charge in [0.2, 0.25) is 0 Å². The van der Waals surface area contributed by atoms with Crippen LogP contribution in [0.1, 0.15) is 10.5 Å². The number of hydrogen-bond donors (Lipinski definition) is 2. The van der Waals surface area contributed by atoms with Gasteiger partial charge in [0.25, 0.3) is 11.6 Å². The summed E-state index contributed by atoms with van der Waals surface area (Å²) in [4.78, 5) is 25.5. The summed E-state index contributed by atoms with van der Waals surface area (Å²) in [5.41, 5.74) is 1.02. The molecular formula is C15H9Cl2N3O3. The van der Waals surface area contributed by atoms with Crippen molar-refractivity contribution in [3.05, 3.63) is 68.3 Å². The maximum atomic E-state index is 12.3. The second-order valence-corrected chi connectivity index (χ2v) is 5.58. The fraction of sp³-hybridized carbons (Fsp3) is 0. The summed E-state index contributed by atoms with van der Waals surface area (Å²) in [6.07, 6.45) is 0. The van der Waals surface area contributed by atoms with Crippen LogP contribution in [0.25, 0.3) is 10.9 Å². The third kappa shape index (κ3) is 2.99. The van der Waals surface area contributed by atoms with Crippen molar-refractivity contribution >= 4 is 51.4 Å². The second-order valence-electron chi connectivity index (χ2n) is 4.77. The van der Waals surface area contributed by atoms with Crippen LogP contribution in [-0.4, -0.2) is 15.8 Å². The number of nitrogens with one attached hydrogen (secondary N) is 2. The number of aromatic amines is 1. The number of nitrogens with zero attached hydrogens (tertiary/aromatic N) is 1. The molecule has 0 aliphatic heterocycles. The van der Waals surface area contributed by atoms with E-state index in [-0.39, 0.29) is 16.4 Å². The number of non-ortho nitro benzene ring substituents is 1. The van der Waals surface area contributed by atoms with E-state index < -0.39 is 10.8 Å². The summed E-state index contributed by atoms with van der Waals surface area (Å²) < 4.78 is 0. The van der Waals surface area contributed by atoms with E-state index in [1.165, 1.54) is 18.2 Å². The molecule has 6 nitrogen and oxygen atoms in total. The van der Waals surface area contributed by atoms with Crippen molar-refractivity contribution in [1.82, 2.24) is 4.98 Å². The molecule has 0 fully saturated rings. The Hall–Kier alpha value is -2.57. The Morgan fingerprint density at radius 3 is 2.70 bits per heavy atom. The first kappa shape index (κ1) is 15.3. The van der Waals surface area contributed by atoms with Crippen molar-refractivity contribution in [2.24, 2.45) is 0 Å². The first-order valence-electron chi connectivity index (χ1n) is 6.48. The van der Waals surface area contributed by atoms with Crippen LogP contribution in [-0.2, 0) is 0 Å². The number of anilines is 1. The van der Waals surface area contributed by atoms with Crippen LogP contribution in [0.2, 0.25) is 10.0 Å². The number of rotatable bonds is 3. The summed E-state index contributed by atoms with van der Waals surface area (Å²) in [5, 5.41) is 14.7. The Kier molecular flexibility index (Phi) is 3.94. The number of nitro benzene ring substituents is 1. The molecular weight excluding hydrogens is 341 g/mol. The minimum atomic E-state index is -0.534. The molecule has 1 amide bonds. The third-order valence-electron chi connectivity index (χ3n) is 3.24. The molecule has 2 N–H and O–H groups in total. The average molecular weight is 350 g/mol. The lowest BCUT2D eigenvalue weighted by Crippen LogP contribution is -2.12. The monoisotopic (exact) mass is 349 g/mol. The molecule has 116 valence electrons. The van der Waals surface area contributed by atoms with Crippen LogP contribution in [0.15, 0.2) is 42.5 Å². The van der Waals surface area contributed by atoms with Gasteiger partial charge in [0, 0.05) is 33.7 Å². The highest BCUT2D eigenvalue weighted by molar-refractivity contribution is 6.40. The quantitative estimate of drug-likeness (QED) is 0.533. The molecule has 3 aromatic rings. The number of amides is 1. The number of fused-ring (bicyclic) bond motifs is 1. The number of carbonyl (C=O) groups is 1. The molecule has 0 saturated heterocycles. The largest absolute Gasteiger partial charge is 0.349 e. The van der Waals surface area contributed by atoms with Crippen molar-refractivity contribution in [3.8, 4) is 0 Å². The van der Waals surface area contributed by atoms with Gasteiger partial charge in [-0.25, -0.2) is 0 Å². The summed E-state index contributed by atoms with van der Waals surface area (Å²) >= 11 is 12.1. The van der Waals surface area contributed by atoms with Gasteiger partial charge in [-0.1, -0.05) is 29.3 Å². The van der Waals surface area contributed by atoms with Crippen molar-refractivity contribution < 1.29 is 9.72 Å². The predicted octanol–water partition coefficient (Wildman–Crippen LogP) is 4.64. The smallest absolute Gasteiger partial charge is 0.273 e. The van der Waals surface area contributed by atoms with E-state index >= 15 is 0 Å². The number of hydrogen-bond acceptors (Lipinski definition) is 3. The first-order chi connectivity index (χ1) is 11.0. The number of H-pyrrole nitrogens is 1. The predicted molar refractivity (Wildman–Crippen MR) is 89.4 cm³/mol. The van der Waals surface area contributed by atoms with E-state index in [1.54, 1.807) is 24.3 Å². The lowest BCUT2D eigenvalue weighted by Gasteiger charge is -2.04. The highest BCUT2D eigenvalue weighted by Gasteiger charge is 2.17. The number of carbonyl (C=O) groups excluding carboxylic acids is 1. The summed E-state index contributed by atoms with van der Waals surface area (Å²) in [7, 11) is 0. The van der Waals surface area contributed by atoms with Gasteiger partial charge in [-0.3, -0.25) is 14.9 Å². The lowest BCUT2D eigenvalue weighted by molar-refractivity contribution is -0.384. The van der Waals surface area contributed by atoms with Gasteiger partial charge in [0.1, 0.15) is 5.69 Å². The Balaban J connectivity index is 1.93. The van der Waals surface area contributed by atoms with Gasteiger partial charge >= 0.3 is 0 Å². The Bertz CT molecular complexity index is 937. The number of nitro groups is 1. The van der Waals surface area contributed by atoms with Crippen molar-refractivity contribution in [2.75, 3.05) is 5.32 Å². The Morgan fingerprint density at radius 1 is 1.17 bits per heavy atom. The van der Waals surface area contributed by atoms with Crippen LogP contribution in [0.3, 0.4) is 0 Å². The highest BCUT2D eigenvalue weighted by Crippen LogP contribution is 2.30. The zero-order chi connectivity index (χ0) is 16.6. The molecule has 0 saturated carbocycles. The van der Waals surface area contributed by atoms with Crippen LogP contribution in [0.5, 0.6) is 0 Å². The zero-order valence-electron chi connectivity index (χ0n) is 11.5. The van der Waals surface area contributed by atoms with Gasteiger partial charge in [0.05, 0.1) is 9.95 Å². The molecule has 2 aromatic carbocycles. The fourth-order valence-electron chi connectivity index (χ4n) is 2.18. The minimum Gasteiger partial charge on any atom is -0.349 e. The summed E-state index contributed by atoms with van der Waals surface area (Å²) in [6, 6.07) is 10.7. The molecule has 0 radical (unpaired) electrons. The van der Waals surface area contributed by atoms with Crippen LogP contribution in [0, 0.1) is 10.1 Å². The standard InChI is InChI=1S/C15H9Cl2N3O3/c16-8-4-5-12-11(6-8)13(17)14(19-12)15(21)18-9-2-1-3-10(7-9)20(22)23/h1-7,19H,(H,18,21). The van der Waals surface area contributed by atoms with E-state index in [0.717, 1.165) is 0 Å². The van der Waals surface area contributed by atoms with Gasteiger partial charge in [0.15, 0.2) is 0 Å². The SMILES string of the molecule is O=C(Nc1cccc([N+](=O)[O-])c1)c1[nH]c2ccc(Cl)cc2c1Cl. The maximum absolute atomic E-state index is 12.3. The topological polar surface area (TPSA) is 88.0 Å². The number of halogens is 2. The zero-order valence-corrected chi connectivity index (χ0v) is 13.0. The second kappa shape index (κ2) is 5.91. The molecule has 0 aliphatic rings. The van der Waals surface area contributed by atoms with E-state index in [9.17, 15) is 14.9 Å². The summed E-state index contributed by atoms with van der Waals surface area (Å²) in [5.74, 6) is -0.497. The Morgan fingerprint density at radius 2 is 1.96 bits per heavy atom. The van der Waals surface area contributed by atoms with Crippen molar-refractivity contribution in [3.63, 3.8) is 0 Å². The minimum absolute atomic E-state index is 0.114. The molecule has 1 heterocycles. The molecule has 1 aromatic heterocycles. The molecule has 3 rings (SSSR count). The first-order valence-corrected chi connectivity index (χ1v) is 7.24. The highest BCUT2D eigenvalue weighted by atomic mass is 35.5.